The SMILES string of the molecule is CNCCCC1(c2ccccc2)SC(c2cc(F)ccc2F)=NN1C(=O)N(C)OC. The summed E-state index contributed by atoms with van der Waals surface area (Å²) in [5, 5.41) is 10.2. The first kappa shape index (κ1) is 22.2. The number of carbonyl (C=O) groups excluding carboxylic acids is 1. The van der Waals surface area contributed by atoms with Gasteiger partial charge in [0.05, 0.1) is 7.11 Å². The number of thioether (sulfide) groups is 1. The van der Waals surface area contributed by atoms with E-state index in [9.17, 15) is 13.6 Å². The average molecular weight is 435 g/mol. The maximum atomic E-state index is 14.5. The summed E-state index contributed by atoms with van der Waals surface area (Å²) >= 11 is 1.24. The van der Waals surface area contributed by atoms with Gasteiger partial charge in [0.1, 0.15) is 21.5 Å². The van der Waals surface area contributed by atoms with Crippen LogP contribution >= 0.6 is 11.8 Å². The number of hydrogen-bond donors (Lipinski definition) is 1. The number of benzene rings is 2. The van der Waals surface area contributed by atoms with Gasteiger partial charge in [0.25, 0.3) is 0 Å². The van der Waals surface area contributed by atoms with Gasteiger partial charge < -0.3 is 5.32 Å². The predicted octanol–water partition coefficient (Wildman–Crippen LogP) is 4.14. The summed E-state index contributed by atoms with van der Waals surface area (Å²) in [5.41, 5.74) is 0.851. The topological polar surface area (TPSA) is 57.2 Å². The Morgan fingerprint density at radius 1 is 1.27 bits per heavy atom. The highest BCUT2D eigenvalue weighted by Crippen LogP contribution is 2.50. The molecule has 1 unspecified atom stereocenters. The normalized spacial score (nSPS) is 18.4. The lowest BCUT2D eigenvalue weighted by atomic mass is 10.0. The van der Waals surface area contributed by atoms with Crippen LogP contribution in [0.5, 0.6) is 0 Å². The molecule has 6 nitrogen and oxygen atoms in total. The molecule has 3 rings (SSSR count). The molecule has 9 heteroatoms. The molecule has 1 N–H and O–H groups in total. The third kappa shape index (κ3) is 4.33. The largest absolute Gasteiger partial charge is 0.365 e. The van der Waals surface area contributed by atoms with Crippen molar-refractivity contribution in [3.05, 3.63) is 71.3 Å². The zero-order valence-corrected chi connectivity index (χ0v) is 17.9. The Morgan fingerprint density at radius 3 is 2.67 bits per heavy atom. The minimum absolute atomic E-state index is 0.0179. The van der Waals surface area contributed by atoms with Gasteiger partial charge in [0.2, 0.25) is 0 Å². The summed E-state index contributed by atoms with van der Waals surface area (Å²) < 4.78 is 28.4. The van der Waals surface area contributed by atoms with E-state index >= 15 is 0 Å². The second-order valence-corrected chi connectivity index (χ2v) is 8.03. The van der Waals surface area contributed by atoms with Crippen LogP contribution in [0.15, 0.2) is 53.6 Å². The van der Waals surface area contributed by atoms with Gasteiger partial charge in [0.15, 0.2) is 0 Å². The number of nitrogens with zero attached hydrogens (tertiary/aromatic N) is 3. The van der Waals surface area contributed by atoms with Gasteiger partial charge in [-0.15, -0.1) is 0 Å². The van der Waals surface area contributed by atoms with Crippen molar-refractivity contribution in [2.24, 2.45) is 5.10 Å². The van der Waals surface area contributed by atoms with Crippen LogP contribution in [0.4, 0.5) is 13.6 Å². The van der Waals surface area contributed by atoms with Crippen LogP contribution in [0.25, 0.3) is 0 Å². The van der Waals surface area contributed by atoms with Crippen molar-refractivity contribution >= 4 is 22.8 Å². The molecule has 1 aliphatic heterocycles. The Kier molecular flexibility index (Phi) is 7.06. The van der Waals surface area contributed by atoms with Gasteiger partial charge in [-0.3, -0.25) is 4.84 Å². The van der Waals surface area contributed by atoms with Crippen LogP contribution in [0, 0.1) is 11.6 Å². The summed E-state index contributed by atoms with van der Waals surface area (Å²) in [7, 11) is 4.71. The summed E-state index contributed by atoms with van der Waals surface area (Å²) in [4.78, 5) is 17.3. The van der Waals surface area contributed by atoms with Crippen molar-refractivity contribution < 1.29 is 18.4 Å². The van der Waals surface area contributed by atoms with Crippen LogP contribution in [0.2, 0.25) is 0 Å². The van der Waals surface area contributed by atoms with Crippen LogP contribution in [0.1, 0.15) is 24.0 Å². The lowest BCUT2D eigenvalue weighted by molar-refractivity contribution is -0.0805. The summed E-state index contributed by atoms with van der Waals surface area (Å²) in [6.45, 7) is 0.723. The molecule has 2 aromatic carbocycles. The zero-order valence-electron chi connectivity index (χ0n) is 17.1. The molecule has 1 heterocycles. The highest BCUT2D eigenvalue weighted by Gasteiger charge is 2.49. The standard InChI is InChI=1S/C21H24F2N4O2S/c1-24-13-7-12-21(15-8-5-4-6-9-15)27(20(28)26(2)29-3)25-19(30-21)17-14-16(22)10-11-18(17)23/h4-6,8-11,14,24H,7,12-13H2,1-3H3. The van der Waals surface area contributed by atoms with E-state index in [1.54, 1.807) is 0 Å². The number of nitrogens with one attached hydrogen (secondary N) is 1. The van der Waals surface area contributed by atoms with E-state index in [0.29, 0.717) is 6.42 Å². The lowest BCUT2D eigenvalue weighted by Crippen LogP contribution is -2.47. The number of hydrazone groups is 1. The molecule has 0 saturated carbocycles. The molecule has 0 radical (unpaired) electrons. The molecule has 1 aliphatic rings. The maximum Gasteiger partial charge on any atom is 0.365 e. The Balaban J connectivity index is 2.13. The third-order valence-electron chi connectivity index (χ3n) is 4.85. The fraction of sp³-hybridized carbons (Fsp3) is 0.333. The Bertz CT molecular complexity index is 928. The molecule has 0 aliphatic carbocycles. The highest BCUT2D eigenvalue weighted by molar-refractivity contribution is 8.15. The van der Waals surface area contributed by atoms with Crippen molar-refractivity contribution in [3.8, 4) is 0 Å². The molecule has 0 fully saturated rings. The molecule has 0 bridgehead atoms. The van der Waals surface area contributed by atoms with Gasteiger partial charge in [-0.1, -0.05) is 42.1 Å². The van der Waals surface area contributed by atoms with Crippen LogP contribution in [-0.4, -0.2) is 48.9 Å². The fourth-order valence-electron chi connectivity index (χ4n) is 3.26. The van der Waals surface area contributed by atoms with Crippen LogP contribution < -0.4 is 5.32 Å². The summed E-state index contributed by atoms with van der Waals surface area (Å²) in [5.74, 6) is -1.18. The van der Waals surface area contributed by atoms with E-state index in [2.05, 4.69) is 10.4 Å². The van der Waals surface area contributed by atoms with Crippen LogP contribution in [0.3, 0.4) is 0 Å². The summed E-state index contributed by atoms with van der Waals surface area (Å²) in [6.07, 6.45) is 1.27. The van der Waals surface area contributed by atoms with Gasteiger partial charge in [-0.25, -0.2) is 18.6 Å². The molecule has 0 aromatic heterocycles. The maximum absolute atomic E-state index is 14.5. The zero-order chi connectivity index (χ0) is 21.7. The minimum atomic E-state index is -0.934. The van der Waals surface area contributed by atoms with E-state index < -0.39 is 22.5 Å². The van der Waals surface area contributed by atoms with E-state index in [4.69, 9.17) is 4.84 Å². The first-order chi connectivity index (χ1) is 14.4. The Hall–Kier alpha value is -2.49. The number of rotatable bonds is 7. The summed E-state index contributed by atoms with van der Waals surface area (Å²) in [6, 6.07) is 12.1. The van der Waals surface area contributed by atoms with E-state index in [1.807, 2.05) is 37.4 Å². The van der Waals surface area contributed by atoms with E-state index in [-0.39, 0.29) is 10.6 Å². The Labute approximate surface area is 178 Å². The van der Waals surface area contributed by atoms with Crippen molar-refractivity contribution in [1.82, 2.24) is 15.4 Å². The molecule has 30 heavy (non-hydrogen) atoms. The second-order valence-electron chi connectivity index (χ2n) is 6.76. The highest BCUT2D eigenvalue weighted by atomic mass is 32.2. The van der Waals surface area contributed by atoms with Crippen molar-refractivity contribution in [2.45, 2.75) is 17.7 Å². The fourth-order valence-corrected chi connectivity index (χ4v) is 4.67. The van der Waals surface area contributed by atoms with E-state index in [1.165, 1.54) is 30.9 Å². The first-order valence-electron chi connectivity index (χ1n) is 9.48. The molecule has 0 spiro atoms. The monoisotopic (exact) mass is 434 g/mol. The number of halogens is 2. The smallest absolute Gasteiger partial charge is 0.320 e. The quantitative estimate of drug-likeness (QED) is 0.526. The molecule has 2 amide bonds. The van der Waals surface area contributed by atoms with Crippen molar-refractivity contribution in [2.75, 3.05) is 27.7 Å². The average Bonchev–Trinajstić information content (AvgIpc) is 3.15. The lowest BCUT2D eigenvalue weighted by Gasteiger charge is -2.37. The molecule has 0 saturated heterocycles. The number of hydrogen-bond acceptors (Lipinski definition) is 5. The minimum Gasteiger partial charge on any atom is -0.320 e. The van der Waals surface area contributed by atoms with Gasteiger partial charge in [-0.05, 0) is 50.2 Å². The second kappa shape index (κ2) is 9.55. The molecular formula is C21H24F2N4O2S. The van der Waals surface area contributed by atoms with Gasteiger partial charge in [0, 0.05) is 12.6 Å². The molecule has 1 atom stereocenters. The molecular weight excluding hydrogens is 410 g/mol. The van der Waals surface area contributed by atoms with E-state index in [0.717, 1.165) is 41.8 Å². The Morgan fingerprint density at radius 2 is 2.00 bits per heavy atom. The van der Waals surface area contributed by atoms with Crippen molar-refractivity contribution in [1.29, 1.82) is 0 Å². The molecule has 160 valence electrons. The number of carbonyl (C=O) groups is 1. The predicted molar refractivity (Wildman–Crippen MR) is 114 cm³/mol. The third-order valence-corrected chi connectivity index (χ3v) is 6.29. The number of urea groups is 1. The number of amides is 2. The molecule has 2 aromatic rings. The van der Waals surface area contributed by atoms with Gasteiger partial charge in [-0.2, -0.15) is 10.1 Å². The van der Waals surface area contributed by atoms with Crippen molar-refractivity contribution in [3.63, 3.8) is 0 Å². The first-order valence-corrected chi connectivity index (χ1v) is 10.3. The number of hydroxylamine groups is 2. The van der Waals surface area contributed by atoms with Gasteiger partial charge >= 0.3 is 6.03 Å². The van der Waals surface area contributed by atoms with Crippen LogP contribution in [-0.2, 0) is 9.71 Å².